The lowest BCUT2D eigenvalue weighted by molar-refractivity contribution is 0.0123. The quantitative estimate of drug-likeness (QED) is 0.0491. The number of ether oxygens (including phenoxy) is 4. The number of urea groups is 2. The minimum Gasteiger partial charge on any atom is -0.377 e. The van der Waals surface area contributed by atoms with Gasteiger partial charge in [0.1, 0.15) is 0 Å². The standard InChI is InChI=1S/C54H70Cl4N8O10S2/c1-63-33-47(45-27-39(55)29-51(57)49(45)35-63)37-7-5-9-43(25-37)77(69,70)65-17-11-41(31-65)75-23-21-73-19-15-61-53(67)59-13-3-4-14-60-54(68)62-16-20-74-22-24-76-42-12-18-66(32-42)78(71,72)44-10-6-8-38(26-44)48-34-64(2)36-50-46(48)28-40(56)30-52(50)58/h5-10,25-30,41-42,47-48H,3-4,11-24,31-36H2,1-2H3,(H2,59,61,67)(H2,60,62,68)/t41-,42-,47+,48+/m1/s1. The van der Waals surface area contributed by atoms with Gasteiger partial charge >= 0.3 is 12.1 Å². The Bertz CT molecular complexity index is 2750. The number of nitrogens with one attached hydrogen (secondary N) is 4. The van der Waals surface area contributed by atoms with E-state index in [4.69, 9.17) is 65.4 Å². The molecular weight excluding hydrogens is 1130 g/mol. The fourth-order valence-corrected chi connectivity index (χ4v) is 14.7. The second kappa shape index (κ2) is 28.2. The maximum absolute atomic E-state index is 13.8. The Hall–Kier alpha value is -3.84. The van der Waals surface area contributed by atoms with Crippen LogP contribution in [0, 0.1) is 0 Å². The maximum Gasteiger partial charge on any atom is 0.314 e. The van der Waals surface area contributed by atoms with Crippen LogP contribution < -0.4 is 21.3 Å². The lowest BCUT2D eigenvalue weighted by atomic mass is 9.85. The summed E-state index contributed by atoms with van der Waals surface area (Å²) in [6.07, 6.45) is 1.94. The van der Waals surface area contributed by atoms with Crippen molar-refractivity contribution < 1.29 is 45.4 Å². The van der Waals surface area contributed by atoms with Crippen molar-refractivity contribution in [1.82, 2.24) is 39.7 Å². The Morgan fingerprint density at radius 3 is 1.37 bits per heavy atom. The van der Waals surface area contributed by atoms with Gasteiger partial charge < -0.3 is 50.0 Å². The molecule has 4 heterocycles. The van der Waals surface area contributed by atoms with Gasteiger partial charge in [-0.1, -0.05) is 70.7 Å². The largest absolute Gasteiger partial charge is 0.377 e. The fourth-order valence-electron chi connectivity index (χ4n) is 10.5. The van der Waals surface area contributed by atoms with Gasteiger partial charge in [-0.05, 0) is 122 Å². The molecule has 0 saturated carbocycles. The van der Waals surface area contributed by atoms with E-state index in [1.54, 1.807) is 48.5 Å². The average Bonchev–Trinajstić information content (AvgIpc) is 4.16. The van der Waals surface area contributed by atoms with E-state index >= 15 is 0 Å². The number of hydrogen-bond acceptors (Lipinski definition) is 12. The molecule has 0 unspecified atom stereocenters. The van der Waals surface area contributed by atoms with Gasteiger partial charge in [0.25, 0.3) is 0 Å². The summed E-state index contributed by atoms with van der Waals surface area (Å²) >= 11 is 25.9. The van der Waals surface area contributed by atoms with Crippen LogP contribution in [-0.4, -0.2) is 179 Å². The number of unbranched alkanes of at least 4 members (excludes halogenated alkanes) is 1. The summed E-state index contributed by atoms with van der Waals surface area (Å²) in [6.45, 7) is 7.17. The van der Waals surface area contributed by atoms with Crippen LogP contribution in [0.15, 0.2) is 82.6 Å². The van der Waals surface area contributed by atoms with Crippen molar-refractivity contribution in [3.05, 3.63) is 126 Å². The molecule has 4 amide bonds. The van der Waals surface area contributed by atoms with Gasteiger partial charge in [-0.2, -0.15) is 8.61 Å². The lowest BCUT2D eigenvalue weighted by Gasteiger charge is -2.33. The number of carbonyl (C=O) groups is 2. The summed E-state index contributed by atoms with van der Waals surface area (Å²) in [7, 11) is -3.49. The molecule has 24 heteroatoms. The molecule has 4 aliphatic rings. The number of halogens is 4. The van der Waals surface area contributed by atoms with Gasteiger partial charge in [-0.25, -0.2) is 26.4 Å². The molecular formula is C54H70Cl4N8O10S2. The Morgan fingerprint density at radius 1 is 0.538 bits per heavy atom. The number of benzene rings is 4. The molecule has 4 aliphatic heterocycles. The first-order valence-electron chi connectivity index (χ1n) is 26.4. The van der Waals surface area contributed by atoms with E-state index in [9.17, 15) is 26.4 Å². The Kier molecular flexibility index (Phi) is 21.8. The molecule has 8 rings (SSSR count). The van der Waals surface area contributed by atoms with Gasteiger partial charge in [0.2, 0.25) is 20.0 Å². The van der Waals surface area contributed by atoms with E-state index in [0.717, 1.165) is 33.4 Å². The summed E-state index contributed by atoms with van der Waals surface area (Å²) in [4.78, 5) is 29.3. The van der Waals surface area contributed by atoms with Crippen LogP contribution in [0.1, 0.15) is 70.9 Å². The molecule has 0 aliphatic carbocycles. The van der Waals surface area contributed by atoms with E-state index in [1.807, 2.05) is 38.4 Å². The van der Waals surface area contributed by atoms with Gasteiger partial charge in [-0.3, -0.25) is 0 Å². The number of amides is 4. The number of hydrogen-bond donors (Lipinski definition) is 4. The molecule has 0 aromatic heterocycles. The van der Waals surface area contributed by atoms with E-state index in [1.165, 1.54) is 8.61 Å². The number of rotatable bonds is 25. The maximum atomic E-state index is 13.8. The molecule has 2 saturated heterocycles. The third-order valence-electron chi connectivity index (χ3n) is 14.4. The second-order valence-electron chi connectivity index (χ2n) is 20.1. The van der Waals surface area contributed by atoms with Gasteiger partial charge in [0.05, 0.1) is 61.6 Å². The second-order valence-corrected chi connectivity index (χ2v) is 25.7. The van der Waals surface area contributed by atoms with Gasteiger partial charge in [0, 0.05) is 110 Å². The van der Waals surface area contributed by atoms with E-state index in [2.05, 4.69) is 31.1 Å². The normalized spacial score (nSPS) is 20.3. The smallest absolute Gasteiger partial charge is 0.314 e. The number of sulfonamides is 2. The number of nitrogens with zero attached hydrogens (tertiary/aromatic N) is 4. The molecule has 4 aromatic rings. The van der Waals surface area contributed by atoms with Crippen molar-refractivity contribution in [3.63, 3.8) is 0 Å². The summed E-state index contributed by atoms with van der Waals surface area (Å²) in [6, 6.07) is 20.9. The molecule has 4 aromatic carbocycles. The molecule has 4 atom stereocenters. The highest BCUT2D eigenvalue weighted by Gasteiger charge is 2.36. The zero-order valence-electron chi connectivity index (χ0n) is 44.0. The van der Waals surface area contributed by atoms with Crippen molar-refractivity contribution >= 4 is 78.5 Å². The number of fused-ring (bicyclic) bond motifs is 2. The predicted octanol–water partition coefficient (Wildman–Crippen LogP) is 7.13. The van der Waals surface area contributed by atoms with Crippen LogP contribution in [0.5, 0.6) is 0 Å². The van der Waals surface area contributed by atoms with E-state index in [-0.39, 0.29) is 85.4 Å². The highest BCUT2D eigenvalue weighted by atomic mass is 35.5. The Labute approximate surface area is 478 Å². The predicted molar refractivity (Wildman–Crippen MR) is 302 cm³/mol. The summed E-state index contributed by atoms with van der Waals surface area (Å²) in [5, 5.41) is 13.4. The lowest BCUT2D eigenvalue weighted by Crippen LogP contribution is -2.39. The third kappa shape index (κ3) is 16.0. The first-order chi connectivity index (χ1) is 37.5. The average molecular weight is 1200 g/mol. The topological polar surface area (TPSA) is 200 Å². The summed E-state index contributed by atoms with van der Waals surface area (Å²) in [5.41, 5.74) is 5.80. The Balaban J connectivity index is 0.608. The number of likely N-dealkylation sites (N-methyl/N-ethyl adjacent to an activating group) is 2. The van der Waals surface area contributed by atoms with Crippen LogP contribution in [0.4, 0.5) is 9.59 Å². The molecule has 0 radical (unpaired) electrons. The molecule has 4 N–H and O–H groups in total. The first-order valence-corrected chi connectivity index (χ1v) is 30.8. The van der Waals surface area contributed by atoms with Crippen LogP contribution in [-0.2, 0) is 52.1 Å². The zero-order valence-corrected chi connectivity index (χ0v) is 48.7. The zero-order chi connectivity index (χ0) is 55.4. The van der Waals surface area contributed by atoms with Crippen molar-refractivity contribution in [3.8, 4) is 0 Å². The monoisotopic (exact) mass is 1190 g/mol. The van der Waals surface area contributed by atoms with E-state index in [0.29, 0.717) is 124 Å². The van der Waals surface area contributed by atoms with Crippen molar-refractivity contribution in [2.45, 2.75) is 72.6 Å². The van der Waals surface area contributed by atoms with E-state index < -0.39 is 20.0 Å². The van der Waals surface area contributed by atoms with Crippen LogP contribution >= 0.6 is 46.4 Å². The SMILES string of the molecule is CN1Cc2c(Cl)cc(Cl)cc2[C@H](c2cccc(S(=O)(=O)N3CC[C@@H](OCCOCCNC(=O)NCCCCNC(=O)NCCOCCO[C@@H]4CCN(S(=O)(=O)c5cccc([C@@H]6CN(C)Cc7c(Cl)cc(Cl)cc76)c5)C4)C3)c2)C1. The minimum atomic E-state index is -3.76. The Morgan fingerprint density at radius 2 is 0.949 bits per heavy atom. The van der Waals surface area contributed by atoms with Crippen molar-refractivity contribution in [1.29, 1.82) is 0 Å². The van der Waals surface area contributed by atoms with Gasteiger partial charge in [-0.15, -0.1) is 0 Å². The highest BCUT2D eigenvalue weighted by molar-refractivity contribution is 7.89. The van der Waals surface area contributed by atoms with Gasteiger partial charge in [0.15, 0.2) is 0 Å². The molecule has 426 valence electrons. The molecule has 78 heavy (non-hydrogen) atoms. The number of carbonyl (C=O) groups excluding carboxylic acids is 2. The third-order valence-corrected chi connectivity index (χ3v) is 19.2. The minimum absolute atomic E-state index is 0.0843. The summed E-state index contributed by atoms with van der Waals surface area (Å²) in [5.74, 6) is -0.169. The van der Waals surface area contributed by atoms with Crippen LogP contribution in [0.25, 0.3) is 0 Å². The molecule has 0 bridgehead atoms. The molecule has 18 nitrogen and oxygen atoms in total. The van der Waals surface area contributed by atoms with Crippen LogP contribution in [0.2, 0.25) is 20.1 Å². The van der Waals surface area contributed by atoms with Crippen molar-refractivity contribution in [2.24, 2.45) is 0 Å². The van der Waals surface area contributed by atoms with Crippen LogP contribution in [0.3, 0.4) is 0 Å². The molecule has 2 fully saturated rings. The fraction of sp³-hybridized carbons (Fsp3) is 0.519. The first kappa shape index (κ1) is 60.3. The highest BCUT2D eigenvalue weighted by Crippen LogP contribution is 2.41. The molecule has 0 spiro atoms. The van der Waals surface area contributed by atoms with Crippen molar-refractivity contribution in [2.75, 3.05) is 119 Å². The summed E-state index contributed by atoms with van der Waals surface area (Å²) < 4.78 is 81.2.